The Labute approximate surface area is 145 Å². The van der Waals surface area contributed by atoms with Crippen molar-refractivity contribution in [2.24, 2.45) is 0 Å². The standard InChI is InChI=1S/C19H19N3O3/c1-23-15-9-5-8-14(12-15)20-19-22-21-18(25-19)16-10-11-24-17(16)13-6-3-2-4-7-13/h2-9,12,16-17H,10-11H2,1H3,(H,20,22)/t16-,17+/m0/s1. The average Bonchev–Trinajstić information content (AvgIpc) is 3.32. The number of benzene rings is 2. The molecule has 128 valence electrons. The van der Waals surface area contributed by atoms with Crippen LogP contribution < -0.4 is 10.1 Å². The monoisotopic (exact) mass is 337 g/mol. The highest BCUT2D eigenvalue weighted by molar-refractivity contribution is 5.54. The van der Waals surface area contributed by atoms with E-state index in [4.69, 9.17) is 13.9 Å². The molecule has 1 aliphatic rings. The second-order valence-electron chi connectivity index (χ2n) is 5.90. The van der Waals surface area contributed by atoms with Crippen molar-refractivity contribution in [3.05, 3.63) is 66.1 Å². The highest BCUT2D eigenvalue weighted by Gasteiger charge is 2.34. The Kier molecular flexibility index (Phi) is 4.35. The largest absolute Gasteiger partial charge is 0.497 e. The lowest BCUT2D eigenvalue weighted by molar-refractivity contribution is 0.100. The van der Waals surface area contributed by atoms with Crippen LogP contribution in [0.25, 0.3) is 0 Å². The Balaban J connectivity index is 1.52. The fraction of sp³-hybridized carbons (Fsp3) is 0.263. The van der Waals surface area contributed by atoms with E-state index in [9.17, 15) is 0 Å². The van der Waals surface area contributed by atoms with Crippen molar-refractivity contribution < 1.29 is 13.9 Å². The van der Waals surface area contributed by atoms with Crippen LogP contribution in [-0.2, 0) is 4.74 Å². The maximum atomic E-state index is 5.90. The summed E-state index contributed by atoms with van der Waals surface area (Å²) in [6, 6.07) is 18.1. The van der Waals surface area contributed by atoms with Gasteiger partial charge in [0.05, 0.1) is 19.1 Å². The Bertz CT molecular complexity index is 835. The third-order valence-corrected chi connectivity index (χ3v) is 4.30. The number of ether oxygens (including phenoxy) is 2. The third kappa shape index (κ3) is 3.34. The second kappa shape index (κ2) is 6.94. The number of nitrogens with one attached hydrogen (secondary N) is 1. The van der Waals surface area contributed by atoms with E-state index in [2.05, 4.69) is 27.6 Å². The van der Waals surface area contributed by atoms with Gasteiger partial charge in [0.25, 0.3) is 0 Å². The van der Waals surface area contributed by atoms with Crippen molar-refractivity contribution in [1.82, 2.24) is 10.2 Å². The molecule has 0 bridgehead atoms. The van der Waals surface area contributed by atoms with Gasteiger partial charge in [-0.2, -0.15) is 0 Å². The number of hydrogen-bond donors (Lipinski definition) is 1. The topological polar surface area (TPSA) is 69.4 Å². The van der Waals surface area contributed by atoms with Crippen LogP contribution >= 0.6 is 0 Å². The van der Waals surface area contributed by atoms with Gasteiger partial charge in [-0.25, -0.2) is 0 Å². The molecule has 1 aliphatic heterocycles. The fourth-order valence-corrected chi connectivity index (χ4v) is 3.07. The third-order valence-electron chi connectivity index (χ3n) is 4.30. The van der Waals surface area contributed by atoms with E-state index in [0.717, 1.165) is 23.4 Å². The summed E-state index contributed by atoms with van der Waals surface area (Å²) in [6.45, 7) is 0.686. The minimum Gasteiger partial charge on any atom is -0.497 e. The van der Waals surface area contributed by atoms with Crippen LogP contribution in [0, 0.1) is 0 Å². The second-order valence-corrected chi connectivity index (χ2v) is 5.90. The SMILES string of the molecule is COc1cccc(Nc2nnc([C@H]3CCO[C@@H]3c3ccccc3)o2)c1. The van der Waals surface area contributed by atoms with Crippen LogP contribution in [0.4, 0.5) is 11.7 Å². The van der Waals surface area contributed by atoms with E-state index in [-0.39, 0.29) is 12.0 Å². The van der Waals surface area contributed by atoms with Crippen molar-refractivity contribution in [2.75, 3.05) is 19.0 Å². The van der Waals surface area contributed by atoms with E-state index in [1.807, 2.05) is 42.5 Å². The molecular weight excluding hydrogens is 318 g/mol. The number of methoxy groups -OCH3 is 1. The lowest BCUT2D eigenvalue weighted by Crippen LogP contribution is -2.06. The molecule has 4 rings (SSSR count). The first-order chi connectivity index (χ1) is 12.3. The Morgan fingerprint density at radius 3 is 2.80 bits per heavy atom. The summed E-state index contributed by atoms with van der Waals surface area (Å²) in [6.07, 6.45) is 0.812. The highest BCUT2D eigenvalue weighted by atomic mass is 16.5. The number of rotatable bonds is 5. The predicted octanol–water partition coefficient (Wildman–Crippen LogP) is 4.07. The van der Waals surface area contributed by atoms with Gasteiger partial charge in [-0.15, -0.1) is 5.10 Å². The number of anilines is 2. The molecule has 1 aromatic heterocycles. The molecule has 0 unspecified atom stereocenters. The van der Waals surface area contributed by atoms with Crippen molar-refractivity contribution in [3.8, 4) is 5.75 Å². The number of hydrogen-bond acceptors (Lipinski definition) is 6. The van der Waals surface area contributed by atoms with Crippen molar-refractivity contribution in [2.45, 2.75) is 18.4 Å². The van der Waals surface area contributed by atoms with Crippen molar-refractivity contribution in [3.63, 3.8) is 0 Å². The zero-order valence-electron chi connectivity index (χ0n) is 13.9. The minimum atomic E-state index is -0.0497. The summed E-state index contributed by atoms with van der Waals surface area (Å²) >= 11 is 0. The normalized spacial score (nSPS) is 19.7. The minimum absolute atomic E-state index is 0.0497. The maximum Gasteiger partial charge on any atom is 0.320 e. The van der Waals surface area contributed by atoms with Crippen LogP contribution in [0.5, 0.6) is 5.75 Å². The molecule has 6 nitrogen and oxygen atoms in total. The molecule has 2 aromatic carbocycles. The highest BCUT2D eigenvalue weighted by Crippen LogP contribution is 2.41. The summed E-state index contributed by atoms with van der Waals surface area (Å²) in [5.41, 5.74) is 1.96. The summed E-state index contributed by atoms with van der Waals surface area (Å²) in [4.78, 5) is 0. The van der Waals surface area contributed by atoms with E-state index in [1.54, 1.807) is 7.11 Å². The van der Waals surface area contributed by atoms with Gasteiger partial charge in [-0.3, -0.25) is 0 Å². The van der Waals surface area contributed by atoms with Gasteiger partial charge in [-0.05, 0) is 24.1 Å². The molecule has 0 saturated carbocycles. The molecule has 3 aromatic rings. The molecule has 0 aliphatic carbocycles. The summed E-state index contributed by atoms with van der Waals surface area (Å²) in [7, 11) is 1.63. The zero-order valence-corrected chi connectivity index (χ0v) is 13.9. The molecule has 1 fully saturated rings. The van der Waals surface area contributed by atoms with E-state index < -0.39 is 0 Å². The fourth-order valence-electron chi connectivity index (χ4n) is 3.07. The Hall–Kier alpha value is -2.86. The molecule has 2 heterocycles. The van der Waals surface area contributed by atoms with Gasteiger partial charge < -0.3 is 19.2 Å². The van der Waals surface area contributed by atoms with Crippen LogP contribution in [0.15, 0.2) is 59.0 Å². The van der Waals surface area contributed by atoms with Gasteiger partial charge >= 0.3 is 6.01 Å². The predicted molar refractivity (Wildman–Crippen MR) is 93.1 cm³/mol. The molecule has 6 heteroatoms. The summed E-state index contributed by atoms with van der Waals surface area (Å²) in [5.74, 6) is 1.42. The number of aromatic nitrogens is 2. The van der Waals surface area contributed by atoms with Crippen LogP contribution in [-0.4, -0.2) is 23.9 Å². The van der Waals surface area contributed by atoms with E-state index >= 15 is 0 Å². The summed E-state index contributed by atoms with van der Waals surface area (Å²) < 4.78 is 17.0. The van der Waals surface area contributed by atoms with Gasteiger partial charge in [0.15, 0.2) is 0 Å². The van der Waals surface area contributed by atoms with E-state index in [0.29, 0.717) is 18.5 Å². The zero-order chi connectivity index (χ0) is 17.1. The lowest BCUT2D eigenvalue weighted by atomic mass is 9.95. The molecule has 1 saturated heterocycles. The molecule has 1 N–H and O–H groups in total. The smallest absolute Gasteiger partial charge is 0.320 e. The first-order valence-corrected chi connectivity index (χ1v) is 8.24. The molecular formula is C19H19N3O3. The maximum absolute atomic E-state index is 5.90. The van der Waals surface area contributed by atoms with Crippen molar-refractivity contribution in [1.29, 1.82) is 0 Å². The van der Waals surface area contributed by atoms with Gasteiger partial charge in [0, 0.05) is 18.4 Å². The first-order valence-electron chi connectivity index (χ1n) is 8.24. The Morgan fingerprint density at radius 1 is 1.08 bits per heavy atom. The van der Waals surface area contributed by atoms with Gasteiger partial charge in [0.1, 0.15) is 5.75 Å². The molecule has 0 spiro atoms. The quantitative estimate of drug-likeness (QED) is 0.757. The number of nitrogens with zero attached hydrogens (tertiary/aromatic N) is 2. The van der Waals surface area contributed by atoms with Crippen LogP contribution in [0.1, 0.15) is 29.9 Å². The van der Waals surface area contributed by atoms with Crippen LogP contribution in [0.2, 0.25) is 0 Å². The average molecular weight is 337 g/mol. The first kappa shape index (κ1) is 15.7. The van der Waals surface area contributed by atoms with Crippen LogP contribution in [0.3, 0.4) is 0 Å². The van der Waals surface area contributed by atoms with E-state index in [1.165, 1.54) is 0 Å². The van der Waals surface area contributed by atoms with Gasteiger partial charge in [0.2, 0.25) is 5.89 Å². The molecule has 25 heavy (non-hydrogen) atoms. The molecule has 0 amide bonds. The Morgan fingerprint density at radius 2 is 1.96 bits per heavy atom. The van der Waals surface area contributed by atoms with Gasteiger partial charge in [-0.1, -0.05) is 41.5 Å². The van der Waals surface area contributed by atoms with Crippen molar-refractivity contribution >= 4 is 11.7 Å². The lowest BCUT2D eigenvalue weighted by Gasteiger charge is -2.15. The molecule has 0 radical (unpaired) electrons. The molecule has 2 atom stereocenters. The summed E-state index contributed by atoms with van der Waals surface area (Å²) in [5, 5.41) is 11.5.